The lowest BCUT2D eigenvalue weighted by Gasteiger charge is -2.32. The van der Waals surface area contributed by atoms with Crippen LogP contribution in [0.15, 0.2) is 12.4 Å². The first-order valence-electron chi connectivity index (χ1n) is 7.11. The standard InChI is InChI=1S/C14H20N4O3/c1-3-21-14(20)17-11-5-4-6-18(9-11)13(19)12-8-15-10(2)7-16-12/h7-8,11H,3-6,9H2,1-2H3,(H,17,20). The molecule has 1 unspecified atom stereocenters. The number of hydrogen-bond donors (Lipinski definition) is 1. The third kappa shape index (κ3) is 4.14. The van der Waals surface area contributed by atoms with E-state index in [0.717, 1.165) is 18.5 Å². The maximum atomic E-state index is 12.3. The number of likely N-dealkylation sites (tertiary alicyclic amines) is 1. The van der Waals surface area contributed by atoms with Crippen molar-refractivity contribution in [2.45, 2.75) is 32.7 Å². The van der Waals surface area contributed by atoms with Crippen molar-refractivity contribution in [3.05, 3.63) is 23.8 Å². The maximum Gasteiger partial charge on any atom is 0.407 e. The summed E-state index contributed by atoms with van der Waals surface area (Å²) in [7, 11) is 0. The normalized spacial score (nSPS) is 18.2. The number of nitrogens with one attached hydrogen (secondary N) is 1. The van der Waals surface area contributed by atoms with Crippen molar-refractivity contribution in [3.63, 3.8) is 0 Å². The molecule has 1 N–H and O–H groups in total. The van der Waals surface area contributed by atoms with Crippen molar-refractivity contribution in [2.75, 3.05) is 19.7 Å². The number of piperidine rings is 1. The highest BCUT2D eigenvalue weighted by atomic mass is 16.5. The van der Waals surface area contributed by atoms with Crippen molar-refractivity contribution < 1.29 is 14.3 Å². The van der Waals surface area contributed by atoms with Crippen LogP contribution in [0, 0.1) is 6.92 Å². The summed E-state index contributed by atoms with van der Waals surface area (Å²) in [6.45, 7) is 5.04. The average molecular weight is 292 g/mol. The average Bonchev–Trinajstić information content (AvgIpc) is 2.48. The fraction of sp³-hybridized carbons (Fsp3) is 0.571. The van der Waals surface area contributed by atoms with Crippen LogP contribution in [0.5, 0.6) is 0 Å². The number of carbonyl (C=O) groups excluding carboxylic acids is 2. The van der Waals surface area contributed by atoms with Crippen molar-refractivity contribution in [3.8, 4) is 0 Å². The Morgan fingerprint density at radius 2 is 2.24 bits per heavy atom. The van der Waals surface area contributed by atoms with Gasteiger partial charge in [0.25, 0.3) is 5.91 Å². The van der Waals surface area contributed by atoms with Gasteiger partial charge in [-0.2, -0.15) is 0 Å². The SMILES string of the molecule is CCOC(=O)NC1CCCN(C(=O)c2cnc(C)cn2)C1. The molecule has 0 spiro atoms. The predicted octanol–water partition coefficient (Wildman–Crippen LogP) is 1.14. The quantitative estimate of drug-likeness (QED) is 0.903. The summed E-state index contributed by atoms with van der Waals surface area (Å²) in [5.41, 5.74) is 1.10. The minimum atomic E-state index is -0.438. The van der Waals surface area contributed by atoms with Gasteiger partial charge < -0.3 is 15.0 Å². The van der Waals surface area contributed by atoms with Crippen LogP contribution in [0.2, 0.25) is 0 Å². The van der Waals surface area contributed by atoms with Crippen LogP contribution in [0.4, 0.5) is 4.79 Å². The van der Waals surface area contributed by atoms with Gasteiger partial charge in [-0.15, -0.1) is 0 Å². The van der Waals surface area contributed by atoms with Gasteiger partial charge in [0.15, 0.2) is 0 Å². The molecule has 7 heteroatoms. The van der Waals surface area contributed by atoms with E-state index >= 15 is 0 Å². The van der Waals surface area contributed by atoms with Crippen LogP contribution in [0.1, 0.15) is 35.9 Å². The molecule has 2 amide bonds. The molecule has 114 valence electrons. The van der Waals surface area contributed by atoms with Crippen LogP contribution in [-0.2, 0) is 4.74 Å². The molecule has 1 saturated heterocycles. The molecule has 1 aromatic heterocycles. The Balaban J connectivity index is 1.95. The lowest BCUT2D eigenvalue weighted by atomic mass is 10.1. The first-order chi connectivity index (χ1) is 10.1. The smallest absolute Gasteiger partial charge is 0.407 e. The van der Waals surface area contributed by atoms with Crippen molar-refractivity contribution in [1.82, 2.24) is 20.2 Å². The zero-order valence-electron chi connectivity index (χ0n) is 12.3. The molecule has 1 aromatic rings. The molecule has 0 aliphatic carbocycles. The Hall–Kier alpha value is -2.18. The van der Waals surface area contributed by atoms with Gasteiger partial charge in [0, 0.05) is 25.3 Å². The lowest BCUT2D eigenvalue weighted by Crippen LogP contribution is -2.49. The molecular formula is C14H20N4O3. The van der Waals surface area contributed by atoms with Crippen LogP contribution in [0.3, 0.4) is 0 Å². The number of rotatable bonds is 3. The van der Waals surface area contributed by atoms with E-state index in [4.69, 9.17) is 4.74 Å². The van der Waals surface area contributed by atoms with Crippen molar-refractivity contribution in [2.24, 2.45) is 0 Å². The zero-order chi connectivity index (χ0) is 15.2. The summed E-state index contributed by atoms with van der Waals surface area (Å²) >= 11 is 0. The molecule has 0 saturated carbocycles. The Morgan fingerprint density at radius 3 is 2.90 bits per heavy atom. The Kier molecular flexibility index (Phi) is 5.08. The second kappa shape index (κ2) is 7.01. The molecule has 0 radical (unpaired) electrons. The number of amides is 2. The molecule has 1 fully saturated rings. The van der Waals surface area contributed by atoms with Gasteiger partial charge in [-0.3, -0.25) is 9.78 Å². The van der Waals surface area contributed by atoms with Crippen molar-refractivity contribution >= 4 is 12.0 Å². The maximum absolute atomic E-state index is 12.3. The van der Waals surface area contributed by atoms with E-state index < -0.39 is 6.09 Å². The molecule has 1 atom stereocenters. The minimum absolute atomic E-state index is 0.0832. The van der Waals surface area contributed by atoms with Crippen LogP contribution >= 0.6 is 0 Å². The largest absolute Gasteiger partial charge is 0.450 e. The van der Waals surface area contributed by atoms with Gasteiger partial charge in [-0.25, -0.2) is 9.78 Å². The number of alkyl carbamates (subject to hydrolysis) is 1. The van der Waals surface area contributed by atoms with Crippen LogP contribution in [-0.4, -0.2) is 52.6 Å². The fourth-order valence-corrected chi connectivity index (χ4v) is 2.28. The second-order valence-electron chi connectivity index (χ2n) is 5.00. The van der Waals surface area contributed by atoms with E-state index in [1.54, 1.807) is 18.0 Å². The number of aryl methyl sites for hydroxylation is 1. The molecular weight excluding hydrogens is 272 g/mol. The fourth-order valence-electron chi connectivity index (χ4n) is 2.28. The zero-order valence-corrected chi connectivity index (χ0v) is 12.3. The predicted molar refractivity (Wildman–Crippen MR) is 75.9 cm³/mol. The second-order valence-corrected chi connectivity index (χ2v) is 5.00. The molecule has 2 heterocycles. The Morgan fingerprint density at radius 1 is 1.43 bits per heavy atom. The highest BCUT2D eigenvalue weighted by Crippen LogP contribution is 2.13. The van der Waals surface area contributed by atoms with Crippen LogP contribution in [0.25, 0.3) is 0 Å². The summed E-state index contributed by atoms with van der Waals surface area (Å²) in [6, 6.07) is -0.0832. The van der Waals surface area contributed by atoms with Gasteiger partial charge in [0.05, 0.1) is 18.5 Å². The first-order valence-corrected chi connectivity index (χ1v) is 7.11. The molecule has 1 aliphatic heterocycles. The van der Waals surface area contributed by atoms with E-state index in [-0.39, 0.29) is 11.9 Å². The highest BCUT2D eigenvalue weighted by Gasteiger charge is 2.26. The molecule has 21 heavy (non-hydrogen) atoms. The van der Waals surface area contributed by atoms with Crippen molar-refractivity contribution in [1.29, 1.82) is 0 Å². The first kappa shape index (κ1) is 15.2. The van der Waals surface area contributed by atoms with Gasteiger partial charge in [-0.05, 0) is 26.7 Å². The Labute approximate surface area is 123 Å². The molecule has 0 aromatic carbocycles. The number of ether oxygens (including phenoxy) is 1. The number of carbonyl (C=O) groups is 2. The van der Waals surface area contributed by atoms with E-state index in [2.05, 4.69) is 15.3 Å². The molecule has 0 bridgehead atoms. The van der Waals surface area contributed by atoms with Gasteiger partial charge in [-0.1, -0.05) is 0 Å². The lowest BCUT2D eigenvalue weighted by molar-refractivity contribution is 0.0680. The van der Waals surface area contributed by atoms with E-state index in [1.807, 2.05) is 6.92 Å². The Bertz CT molecular complexity index is 503. The van der Waals surface area contributed by atoms with Crippen LogP contribution < -0.4 is 5.32 Å². The summed E-state index contributed by atoms with van der Waals surface area (Å²) in [5.74, 6) is -0.155. The summed E-state index contributed by atoms with van der Waals surface area (Å²) in [5, 5.41) is 2.77. The molecule has 7 nitrogen and oxygen atoms in total. The van der Waals surface area contributed by atoms with Gasteiger partial charge in [0.2, 0.25) is 0 Å². The number of nitrogens with zero attached hydrogens (tertiary/aromatic N) is 3. The molecule has 1 aliphatic rings. The third-order valence-electron chi connectivity index (χ3n) is 3.31. The minimum Gasteiger partial charge on any atom is -0.450 e. The summed E-state index contributed by atoms with van der Waals surface area (Å²) < 4.78 is 4.86. The van der Waals surface area contributed by atoms with E-state index in [9.17, 15) is 9.59 Å². The number of aromatic nitrogens is 2. The summed E-state index contributed by atoms with van der Waals surface area (Å²) in [6.07, 6.45) is 4.29. The van der Waals surface area contributed by atoms with E-state index in [1.165, 1.54) is 6.20 Å². The summed E-state index contributed by atoms with van der Waals surface area (Å²) in [4.78, 5) is 33.7. The number of hydrogen-bond acceptors (Lipinski definition) is 5. The topological polar surface area (TPSA) is 84.4 Å². The molecule has 2 rings (SSSR count). The van der Waals surface area contributed by atoms with Gasteiger partial charge in [0.1, 0.15) is 5.69 Å². The van der Waals surface area contributed by atoms with E-state index in [0.29, 0.717) is 25.4 Å². The third-order valence-corrected chi connectivity index (χ3v) is 3.31. The monoisotopic (exact) mass is 292 g/mol. The highest BCUT2D eigenvalue weighted by molar-refractivity contribution is 5.92. The van der Waals surface area contributed by atoms with Gasteiger partial charge >= 0.3 is 6.09 Å².